The van der Waals surface area contributed by atoms with Crippen LogP contribution < -0.4 is 5.32 Å². The molecule has 0 unspecified atom stereocenters. The molecule has 0 bridgehead atoms. The van der Waals surface area contributed by atoms with Crippen molar-refractivity contribution in [3.8, 4) is 0 Å². The molecule has 1 aromatic carbocycles. The van der Waals surface area contributed by atoms with Crippen LogP contribution >= 0.6 is 0 Å². The normalized spacial score (nSPS) is 11.4. The Hall–Kier alpha value is -1.08. The van der Waals surface area contributed by atoms with Gasteiger partial charge in [0, 0.05) is 6.04 Å². The molecular weight excluding hydrogens is 182 g/mol. The number of nitrogens with one attached hydrogen (secondary N) is 1. The lowest BCUT2D eigenvalue weighted by Gasteiger charge is -2.04. The van der Waals surface area contributed by atoms with Gasteiger partial charge in [0.15, 0.2) is 0 Å². The lowest BCUT2D eigenvalue weighted by molar-refractivity contribution is 0.594. The van der Waals surface area contributed by atoms with Crippen LogP contribution in [0.2, 0.25) is 0 Å². The molecule has 0 radical (unpaired) electrons. The van der Waals surface area contributed by atoms with E-state index in [1.54, 1.807) is 0 Å². The van der Waals surface area contributed by atoms with Crippen molar-refractivity contribution in [1.82, 2.24) is 5.32 Å². The summed E-state index contributed by atoms with van der Waals surface area (Å²) in [6.07, 6.45) is 6.66. The monoisotopic (exact) mass is 203 g/mol. The largest absolute Gasteiger partial charge is 0.314 e. The van der Waals surface area contributed by atoms with Crippen LogP contribution in [0, 0.1) is 0 Å². The zero-order valence-corrected chi connectivity index (χ0v) is 9.74. The second-order valence-electron chi connectivity index (χ2n) is 4.06. The highest BCUT2D eigenvalue weighted by atomic mass is 14.9. The number of hydrogen-bond donors (Lipinski definition) is 1. The van der Waals surface area contributed by atoms with Gasteiger partial charge in [-0.25, -0.2) is 0 Å². The summed E-state index contributed by atoms with van der Waals surface area (Å²) < 4.78 is 0. The summed E-state index contributed by atoms with van der Waals surface area (Å²) in [5.41, 5.74) is 1.38. The molecule has 0 amide bonds. The summed E-state index contributed by atoms with van der Waals surface area (Å²) in [5, 5.41) is 3.39. The molecule has 82 valence electrons. The average molecular weight is 203 g/mol. The van der Waals surface area contributed by atoms with E-state index in [-0.39, 0.29) is 0 Å². The Labute approximate surface area is 93.2 Å². The number of hydrogen-bond acceptors (Lipinski definition) is 1. The lowest BCUT2D eigenvalue weighted by Crippen LogP contribution is -2.23. The zero-order valence-electron chi connectivity index (χ0n) is 9.74. The van der Waals surface area contributed by atoms with Gasteiger partial charge in [-0.05, 0) is 24.9 Å². The zero-order chi connectivity index (χ0) is 10.9. The predicted molar refractivity (Wildman–Crippen MR) is 67.0 cm³/mol. The highest BCUT2D eigenvalue weighted by molar-refractivity contribution is 5.17. The molecule has 0 aliphatic rings. The maximum Gasteiger partial charge on any atom is 0.00105 e. The van der Waals surface area contributed by atoms with Gasteiger partial charge in [0.05, 0.1) is 0 Å². The molecule has 1 heteroatoms. The number of allylic oxidation sites excluding steroid dienone is 1. The smallest absolute Gasteiger partial charge is 0.00105 e. The van der Waals surface area contributed by atoms with Crippen LogP contribution in [0.3, 0.4) is 0 Å². The highest BCUT2D eigenvalue weighted by Gasteiger charge is 1.89. The first-order valence-corrected chi connectivity index (χ1v) is 5.71. The van der Waals surface area contributed by atoms with E-state index in [0.29, 0.717) is 6.04 Å². The van der Waals surface area contributed by atoms with Crippen molar-refractivity contribution in [2.24, 2.45) is 0 Å². The van der Waals surface area contributed by atoms with E-state index in [0.717, 1.165) is 19.4 Å². The van der Waals surface area contributed by atoms with Crippen molar-refractivity contribution in [3.05, 3.63) is 48.0 Å². The fourth-order valence-corrected chi connectivity index (χ4v) is 1.41. The molecule has 0 aliphatic heterocycles. The van der Waals surface area contributed by atoms with Crippen molar-refractivity contribution in [2.75, 3.05) is 6.54 Å². The fraction of sp³-hybridized carbons (Fsp3) is 0.429. The van der Waals surface area contributed by atoms with E-state index in [1.165, 1.54) is 5.56 Å². The molecule has 1 N–H and O–H groups in total. The minimum absolute atomic E-state index is 0.590. The molecular formula is C14H21N. The van der Waals surface area contributed by atoms with E-state index < -0.39 is 0 Å². The molecule has 1 nitrogen and oxygen atoms in total. The van der Waals surface area contributed by atoms with Crippen molar-refractivity contribution >= 4 is 0 Å². The molecule has 0 aliphatic carbocycles. The predicted octanol–water partition coefficient (Wildman–Crippen LogP) is 3.17. The molecule has 0 saturated carbocycles. The molecule has 15 heavy (non-hydrogen) atoms. The summed E-state index contributed by atoms with van der Waals surface area (Å²) in [7, 11) is 0. The van der Waals surface area contributed by atoms with Gasteiger partial charge >= 0.3 is 0 Å². The summed E-state index contributed by atoms with van der Waals surface area (Å²) in [4.78, 5) is 0. The first kappa shape index (κ1) is 12.0. The van der Waals surface area contributed by atoms with E-state index in [2.05, 4.69) is 61.6 Å². The molecule has 0 saturated heterocycles. The van der Waals surface area contributed by atoms with E-state index >= 15 is 0 Å². The van der Waals surface area contributed by atoms with Gasteiger partial charge in [0.2, 0.25) is 0 Å². The van der Waals surface area contributed by atoms with Gasteiger partial charge in [-0.1, -0.05) is 56.3 Å². The fourth-order valence-electron chi connectivity index (χ4n) is 1.41. The maximum absolute atomic E-state index is 3.39. The Morgan fingerprint density at radius 3 is 2.53 bits per heavy atom. The minimum Gasteiger partial charge on any atom is -0.314 e. The molecule has 0 atom stereocenters. The van der Waals surface area contributed by atoms with Gasteiger partial charge in [0.1, 0.15) is 0 Å². The van der Waals surface area contributed by atoms with Crippen LogP contribution in [0.4, 0.5) is 0 Å². The Bertz CT molecular complexity index is 275. The quantitative estimate of drug-likeness (QED) is 0.553. The van der Waals surface area contributed by atoms with Crippen LogP contribution in [0.5, 0.6) is 0 Å². The number of rotatable bonds is 6. The summed E-state index contributed by atoms with van der Waals surface area (Å²) in [6, 6.07) is 11.1. The van der Waals surface area contributed by atoms with Crippen LogP contribution in [0.15, 0.2) is 42.5 Å². The Kier molecular flexibility index (Phi) is 5.79. The topological polar surface area (TPSA) is 12.0 Å². The van der Waals surface area contributed by atoms with Gasteiger partial charge in [-0.15, -0.1) is 0 Å². The summed E-state index contributed by atoms with van der Waals surface area (Å²) in [6.45, 7) is 5.42. The van der Waals surface area contributed by atoms with Crippen molar-refractivity contribution < 1.29 is 0 Å². The second kappa shape index (κ2) is 7.24. The summed E-state index contributed by atoms with van der Waals surface area (Å²) in [5.74, 6) is 0. The molecule has 0 fully saturated rings. The molecule has 0 spiro atoms. The van der Waals surface area contributed by atoms with Gasteiger partial charge in [0.25, 0.3) is 0 Å². The van der Waals surface area contributed by atoms with Gasteiger partial charge < -0.3 is 5.32 Å². The SMILES string of the molecule is CC(C)NCCC=CCc1ccccc1. The third-order valence-corrected chi connectivity index (χ3v) is 2.23. The Balaban J connectivity index is 2.12. The van der Waals surface area contributed by atoms with E-state index in [1.807, 2.05) is 0 Å². The van der Waals surface area contributed by atoms with Crippen molar-refractivity contribution in [1.29, 1.82) is 0 Å². The first-order chi connectivity index (χ1) is 7.29. The third-order valence-electron chi connectivity index (χ3n) is 2.23. The Morgan fingerprint density at radius 2 is 1.87 bits per heavy atom. The van der Waals surface area contributed by atoms with Gasteiger partial charge in [-0.2, -0.15) is 0 Å². The number of benzene rings is 1. The first-order valence-electron chi connectivity index (χ1n) is 5.71. The molecule has 1 aromatic rings. The van der Waals surface area contributed by atoms with Gasteiger partial charge in [-0.3, -0.25) is 0 Å². The minimum atomic E-state index is 0.590. The standard InChI is InChI=1S/C14H21N/c1-13(2)15-12-8-4-7-11-14-9-5-3-6-10-14/h3-7,9-10,13,15H,8,11-12H2,1-2H3. The van der Waals surface area contributed by atoms with E-state index in [9.17, 15) is 0 Å². The van der Waals surface area contributed by atoms with Crippen LogP contribution in [0.25, 0.3) is 0 Å². The lowest BCUT2D eigenvalue weighted by atomic mass is 10.1. The van der Waals surface area contributed by atoms with Crippen LogP contribution in [-0.4, -0.2) is 12.6 Å². The molecule has 0 aromatic heterocycles. The highest BCUT2D eigenvalue weighted by Crippen LogP contribution is 2.00. The van der Waals surface area contributed by atoms with E-state index in [4.69, 9.17) is 0 Å². The van der Waals surface area contributed by atoms with Crippen molar-refractivity contribution in [2.45, 2.75) is 32.7 Å². The average Bonchev–Trinajstić information content (AvgIpc) is 2.24. The van der Waals surface area contributed by atoms with Crippen LogP contribution in [0.1, 0.15) is 25.8 Å². The molecule has 0 heterocycles. The second-order valence-corrected chi connectivity index (χ2v) is 4.06. The molecule has 1 rings (SSSR count). The van der Waals surface area contributed by atoms with Crippen molar-refractivity contribution in [3.63, 3.8) is 0 Å². The van der Waals surface area contributed by atoms with Crippen LogP contribution in [-0.2, 0) is 6.42 Å². The Morgan fingerprint density at radius 1 is 1.13 bits per heavy atom. The summed E-state index contributed by atoms with van der Waals surface area (Å²) >= 11 is 0. The maximum atomic E-state index is 3.39. The third kappa shape index (κ3) is 6.08.